The summed E-state index contributed by atoms with van der Waals surface area (Å²) >= 11 is 0. The molecule has 3 heteroatoms. The molecule has 0 saturated heterocycles. The van der Waals surface area contributed by atoms with E-state index in [0.717, 1.165) is 32.2 Å². The molecule has 106 valence electrons. The molecule has 1 aliphatic rings. The zero-order chi connectivity index (χ0) is 13.9. The first kappa shape index (κ1) is 13.3. The van der Waals surface area contributed by atoms with Crippen molar-refractivity contribution in [2.45, 2.75) is 52.0 Å². The fraction of sp³-hybridized carbons (Fsp3) is 0.529. The largest absolute Gasteiger partial charge is 0.300 e. The van der Waals surface area contributed by atoms with Crippen LogP contribution in [0.1, 0.15) is 44.7 Å². The lowest BCUT2D eigenvalue weighted by atomic mass is 9.93. The number of aryl methyl sites for hydroxylation is 1. The van der Waals surface area contributed by atoms with Gasteiger partial charge in [0.2, 0.25) is 0 Å². The van der Waals surface area contributed by atoms with Gasteiger partial charge in [-0.25, -0.2) is 0 Å². The molecule has 1 aromatic heterocycles. The van der Waals surface area contributed by atoms with Crippen LogP contribution in [0, 0.1) is 5.92 Å². The van der Waals surface area contributed by atoms with Crippen molar-refractivity contribution in [3.8, 4) is 0 Å². The lowest BCUT2D eigenvalue weighted by Crippen LogP contribution is -2.09. The first-order valence-electron chi connectivity index (χ1n) is 7.74. The van der Waals surface area contributed by atoms with Gasteiger partial charge in [0.1, 0.15) is 5.78 Å². The van der Waals surface area contributed by atoms with Crippen LogP contribution in [0.5, 0.6) is 0 Å². The molecular formula is C17H22N2O. The lowest BCUT2D eigenvalue weighted by Gasteiger charge is -2.11. The summed E-state index contributed by atoms with van der Waals surface area (Å²) < 4.78 is 2.07. The molecule has 0 bridgehead atoms. The maximum absolute atomic E-state index is 11.8. The zero-order valence-corrected chi connectivity index (χ0v) is 12.1. The monoisotopic (exact) mass is 270 g/mol. The van der Waals surface area contributed by atoms with Gasteiger partial charge in [0.15, 0.2) is 0 Å². The molecule has 0 spiro atoms. The second kappa shape index (κ2) is 5.78. The van der Waals surface area contributed by atoms with Crippen LogP contribution in [0.2, 0.25) is 0 Å². The van der Waals surface area contributed by atoms with Crippen molar-refractivity contribution in [2.75, 3.05) is 0 Å². The van der Waals surface area contributed by atoms with Crippen molar-refractivity contribution in [1.82, 2.24) is 9.78 Å². The van der Waals surface area contributed by atoms with Crippen LogP contribution in [-0.4, -0.2) is 15.6 Å². The van der Waals surface area contributed by atoms with Crippen LogP contribution in [0.25, 0.3) is 10.9 Å². The van der Waals surface area contributed by atoms with E-state index in [4.69, 9.17) is 5.10 Å². The second-order valence-electron chi connectivity index (χ2n) is 5.84. The number of carbonyl (C=O) groups is 1. The minimum atomic E-state index is 0.437. The van der Waals surface area contributed by atoms with Gasteiger partial charge in [0, 0.05) is 24.8 Å². The highest BCUT2D eigenvalue weighted by Crippen LogP contribution is 2.27. The highest BCUT2D eigenvalue weighted by Gasteiger charge is 2.20. The Morgan fingerprint density at radius 1 is 1.30 bits per heavy atom. The summed E-state index contributed by atoms with van der Waals surface area (Å²) in [6, 6.07) is 8.43. The standard InChI is InChI=1S/C17H22N2O/c1-2-19-17-10-6-5-9-15(17)16(18-19)12-13-7-3-4-8-14(20)11-13/h5-6,9-10,13H,2-4,7-8,11-12H2,1H3. The fourth-order valence-electron chi connectivity index (χ4n) is 3.32. The Morgan fingerprint density at radius 3 is 3.00 bits per heavy atom. The molecule has 0 aliphatic heterocycles. The molecule has 0 radical (unpaired) electrons. The van der Waals surface area contributed by atoms with E-state index in [-0.39, 0.29) is 0 Å². The Morgan fingerprint density at radius 2 is 2.15 bits per heavy atom. The molecular weight excluding hydrogens is 248 g/mol. The Labute approximate surface area is 120 Å². The van der Waals surface area contributed by atoms with E-state index < -0.39 is 0 Å². The third-order valence-corrected chi connectivity index (χ3v) is 4.35. The number of hydrogen-bond acceptors (Lipinski definition) is 2. The third-order valence-electron chi connectivity index (χ3n) is 4.35. The van der Waals surface area contributed by atoms with Crippen molar-refractivity contribution in [2.24, 2.45) is 5.92 Å². The predicted octanol–water partition coefficient (Wildman–Crippen LogP) is 3.75. The van der Waals surface area contributed by atoms with Gasteiger partial charge in [-0.3, -0.25) is 9.48 Å². The lowest BCUT2D eigenvalue weighted by molar-refractivity contribution is -0.119. The molecule has 1 atom stereocenters. The van der Waals surface area contributed by atoms with Gasteiger partial charge in [-0.1, -0.05) is 24.6 Å². The SMILES string of the molecule is CCn1nc(CC2CCCCC(=O)C2)c2ccccc21. The molecule has 2 aromatic rings. The summed E-state index contributed by atoms with van der Waals surface area (Å²) in [5.41, 5.74) is 2.38. The number of fused-ring (bicyclic) bond motifs is 1. The predicted molar refractivity (Wildman–Crippen MR) is 80.7 cm³/mol. The molecule has 1 aliphatic carbocycles. The van der Waals surface area contributed by atoms with Gasteiger partial charge in [-0.2, -0.15) is 5.10 Å². The summed E-state index contributed by atoms with van der Waals surface area (Å²) in [5, 5.41) is 6.02. The minimum Gasteiger partial charge on any atom is -0.300 e. The van der Waals surface area contributed by atoms with Crippen LogP contribution in [0.3, 0.4) is 0 Å². The number of Topliss-reactive ketones (excluding diaryl/α,β-unsaturated/α-hetero) is 1. The number of benzene rings is 1. The normalized spacial score (nSPS) is 20.2. The van der Waals surface area contributed by atoms with Gasteiger partial charge in [0.05, 0.1) is 11.2 Å². The molecule has 1 fully saturated rings. The maximum Gasteiger partial charge on any atom is 0.133 e. The van der Waals surface area contributed by atoms with Gasteiger partial charge >= 0.3 is 0 Å². The second-order valence-corrected chi connectivity index (χ2v) is 5.84. The van der Waals surface area contributed by atoms with Crippen molar-refractivity contribution in [3.63, 3.8) is 0 Å². The first-order valence-corrected chi connectivity index (χ1v) is 7.74. The van der Waals surface area contributed by atoms with Crippen LogP contribution in [0.15, 0.2) is 24.3 Å². The van der Waals surface area contributed by atoms with E-state index in [9.17, 15) is 4.79 Å². The molecule has 3 rings (SSSR count). The number of nitrogens with zero attached hydrogens (tertiary/aromatic N) is 2. The maximum atomic E-state index is 11.8. The van der Waals surface area contributed by atoms with E-state index in [1.54, 1.807) is 0 Å². The number of rotatable bonds is 3. The van der Waals surface area contributed by atoms with Gasteiger partial charge in [-0.05, 0) is 38.2 Å². The number of aromatic nitrogens is 2. The summed E-state index contributed by atoms with van der Waals surface area (Å²) in [7, 11) is 0. The van der Waals surface area contributed by atoms with Crippen LogP contribution in [0.4, 0.5) is 0 Å². The molecule has 1 unspecified atom stereocenters. The number of hydrogen-bond donors (Lipinski definition) is 0. The van der Waals surface area contributed by atoms with E-state index in [1.165, 1.54) is 29.4 Å². The molecule has 0 amide bonds. The first-order chi connectivity index (χ1) is 9.78. The number of para-hydroxylation sites is 1. The molecule has 3 nitrogen and oxygen atoms in total. The molecule has 20 heavy (non-hydrogen) atoms. The Bertz CT molecular complexity index is 614. The number of ketones is 1. The Balaban J connectivity index is 1.88. The van der Waals surface area contributed by atoms with E-state index in [2.05, 4.69) is 35.9 Å². The highest BCUT2D eigenvalue weighted by atomic mass is 16.1. The Hall–Kier alpha value is -1.64. The van der Waals surface area contributed by atoms with Crippen LogP contribution >= 0.6 is 0 Å². The van der Waals surface area contributed by atoms with E-state index >= 15 is 0 Å². The fourth-order valence-corrected chi connectivity index (χ4v) is 3.32. The zero-order valence-electron chi connectivity index (χ0n) is 12.1. The minimum absolute atomic E-state index is 0.437. The van der Waals surface area contributed by atoms with Gasteiger partial charge in [-0.15, -0.1) is 0 Å². The average molecular weight is 270 g/mol. The van der Waals surface area contributed by atoms with Crippen LogP contribution < -0.4 is 0 Å². The Kier molecular flexibility index (Phi) is 3.86. The van der Waals surface area contributed by atoms with Crippen molar-refractivity contribution < 1.29 is 4.79 Å². The molecule has 0 N–H and O–H groups in total. The smallest absolute Gasteiger partial charge is 0.133 e. The molecule has 1 aromatic carbocycles. The number of carbonyl (C=O) groups excluding carboxylic acids is 1. The third kappa shape index (κ3) is 2.62. The molecule has 1 heterocycles. The summed E-state index contributed by atoms with van der Waals surface area (Å²) in [6.07, 6.45) is 5.88. The van der Waals surface area contributed by atoms with Gasteiger partial charge in [0.25, 0.3) is 0 Å². The average Bonchev–Trinajstić information content (AvgIpc) is 2.68. The van der Waals surface area contributed by atoms with E-state index in [0.29, 0.717) is 11.7 Å². The van der Waals surface area contributed by atoms with Crippen LogP contribution in [-0.2, 0) is 17.8 Å². The van der Waals surface area contributed by atoms with Crippen molar-refractivity contribution in [3.05, 3.63) is 30.0 Å². The van der Waals surface area contributed by atoms with Gasteiger partial charge < -0.3 is 0 Å². The molecule has 1 saturated carbocycles. The quantitative estimate of drug-likeness (QED) is 0.796. The van der Waals surface area contributed by atoms with Crippen molar-refractivity contribution in [1.29, 1.82) is 0 Å². The topological polar surface area (TPSA) is 34.9 Å². The highest BCUT2D eigenvalue weighted by molar-refractivity contribution is 5.82. The summed E-state index contributed by atoms with van der Waals surface area (Å²) in [5.74, 6) is 0.917. The summed E-state index contributed by atoms with van der Waals surface area (Å²) in [6.45, 7) is 3.02. The van der Waals surface area contributed by atoms with Crippen molar-refractivity contribution >= 4 is 16.7 Å². The van der Waals surface area contributed by atoms with E-state index in [1.807, 2.05) is 0 Å². The summed E-state index contributed by atoms with van der Waals surface area (Å²) in [4.78, 5) is 11.8.